The second-order valence-corrected chi connectivity index (χ2v) is 4.30. The first-order valence-corrected chi connectivity index (χ1v) is 5.21. The molecule has 2 rings (SSSR count). The van der Waals surface area contributed by atoms with E-state index in [1.165, 1.54) is 25.8 Å². The molecule has 2 fully saturated rings. The molecule has 1 atom stereocenters. The molecule has 0 amide bonds. The molecular weight excluding hydrogens is 153 g/mol. The zero-order valence-corrected chi connectivity index (χ0v) is 7.64. The van der Waals surface area contributed by atoms with Crippen molar-refractivity contribution in [1.82, 2.24) is 4.90 Å². The summed E-state index contributed by atoms with van der Waals surface area (Å²) in [4.78, 5) is 2.33. The zero-order chi connectivity index (χ0) is 8.39. The van der Waals surface area contributed by atoms with Crippen LogP contribution < -0.4 is 0 Å². The highest BCUT2D eigenvalue weighted by Gasteiger charge is 2.26. The molecule has 12 heavy (non-hydrogen) atoms. The predicted molar refractivity (Wildman–Crippen MR) is 47.9 cm³/mol. The number of nitrogens with zero attached hydrogens (tertiary/aromatic N) is 1. The molecule has 1 saturated heterocycles. The van der Waals surface area contributed by atoms with Gasteiger partial charge in [-0.2, -0.15) is 0 Å². The van der Waals surface area contributed by atoms with Crippen LogP contribution in [0.2, 0.25) is 0 Å². The second kappa shape index (κ2) is 3.73. The fraction of sp³-hybridized carbons (Fsp3) is 1.00. The Hall–Kier alpha value is -0.110. The minimum atomic E-state index is -0.550. The Kier molecular flexibility index (Phi) is 2.64. The normalized spacial score (nSPS) is 33.2. The maximum atomic E-state index is 13.1. The molecule has 0 spiro atoms. The van der Waals surface area contributed by atoms with E-state index in [1.807, 2.05) is 0 Å². The molecule has 0 N–H and O–H groups in total. The Morgan fingerprint density at radius 2 is 2.00 bits per heavy atom. The van der Waals surface area contributed by atoms with Crippen LogP contribution in [-0.2, 0) is 0 Å². The van der Waals surface area contributed by atoms with E-state index in [1.54, 1.807) is 0 Å². The summed E-state index contributed by atoms with van der Waals surface area (Å²) in [6.07, 6.45) is 5.30. The molecule has 1 aliphatic heterocycles. The molecule has 1 aliphatic carbocycles. The number of rotatable bonds is 2. The van der Waals surface area contributed by atoms with Gasteiger partial charge in [-0.3, -0.25) is 0 Å². The molecule has 1 heterocycles. The van der Waals surface area contributed by atoms with Gasteiger partial charge >= 0.3 is 0 Å². The summed E-state index contributed by atoms with van der Waals surface area (Å²) in [5.41, 5.74) is 0. The molecule has 70 valence electrons. The Balaban J connectivity index is 1.77. The van der Waals surface area contributed by atoms with Crippen molar-refractivity contribution in [3.8, 4) is 0 Å². The van der Waals surface area contributed by atoms with E-state index in [0.717, 1.165) is 25.3 Å². The largest absolute Gasteiger partial charge is 0.300 e. The van der Waals surface area contributed by atoms with E-state index in [4.69, 9.17) is 0 Å². The van der Waals surface area contributed by atoms with Crippen LogP contribution in [0, 0.1) is 5.92 Å². The van der Waals surface area contributed by atoms with Gasteiger partial charge in [0.05, 0.1) is 0 Å². The standard InChI is InChI=1S/C10H18FN/c11-10-3-1-2-6-12(8-10)7-9-4-5-9/h9-10H,1-8H2. The van der Waals surface area contributed by atoms with Crippen molar-refractivity contribution in [2.24, 2.45) is 5.92 Å². The molecule has 1 unspecified atom stereocenters. The number of likely N-dealkylation sites (tertiary alicyclic amines) is 1. The molecule has 1 nitrogen and oxygen atoms in total. The van der Waals surface area contributed by atoms with Gasteiger partial charge in [0, 0.05) is 13.1 Å². The Morgan fingerprint density at radius 1 is 1.17 bits per heavy atom. The quantitative estimate of drug-likeness (QED) is 0.615. The number of alkyl halides is 1. The van der Waals surface area contributed by atoms with Gasteiger partial charge in [-0.05, 0) is 44.6 Å². The average Bonchev–Trinajstić information content (AvgIpc) is 2.80. The number of halogens is 1. The SMILES string of the molecule is FC1CCCCN(CC2CC2)C1. The summed E-state index contributed by atoms with van der Waals surface area (Å²) in [7, 11) is 0. The van der Waals surface area contributed by atoms with Crippen LogP contribution in [-0.4, -0.2) is 30.7 Å². The summed E-state index contributed by atoms with van der Waals surface area (Å²) in [6, 6.07) is 0. The fourth-order valence-electron chi connectivity index (χ4n) is 2.00. The summed E-state index contributed by atoms with van der Waals surface area (Å²) in [5, 5.41) is 0. The first-order valence-electron chi connectivity index (χ1n) is 5.21. The van der Waals surface area contributed by atoms with Crippen molar-refractivity contribution < 1.29 is 4.39 Å². The predicted octanol–water partition coefficient (Wildman–Crippen LogP) is 2.22. The van der Waals surface area contributed by atoms with Crippen molar-refractivity contribution in [1.29, 1.82) is 0 Å². The molecule has 0 radical (unpaired) electrons. The molecular formula is C10H18FN. The third kappa shape index (κ3) is 2.44. The fourth-order valence-corrected chi connectivity index (χ4v) is 2.00. The molecule has 1 saturated carbocycles. The lowest BCUT2D eigenvalue weighted by atomic mass is 10.2. The first-order chi connectivity index (χ1) is 5.84. The van der Waals surface area contributed by atoms with Crippen LogP contribution in [0.4, 0.5) is 4.39 Å². The molecule has 0 aromatic heterocycles. The second-order valence-electron chi connectivity index (χ2n) is 4.30. The van der Waals surface area contributed by atoms with Gasteiger partial charge in [-0.15, -0.1) is 0 Å². The highest BCUT2D eigenvalue weighted by Crippen LogP contribution is 2.30. The van der Waals surface area contributed by atoms with Crippen molar-refractivity contribution >= 4 is 0 Å². The Morgan fingerprint density at radius 3 is 2.75 bits per heavy atom. The maximum Gasteiger partial charge on any atom is 0.113 e. The molecule has 2 aliphatic rings. The van der Waals surface area contributed by atoms with Crippen molar-refractivity contribution in [2.75, 3.05) is 19.6 Å². The molecule has 2 heteroatoms. The molecule has 0 aromatic rings. The first kappa shape index (κ1) is 8.49. The summed E-state index contributed by atoms with van der Waals surface area (Å²) in [5.74, 6) is 0.912. The van der Waals surface area contributed by atoms with Gasteiger partial charge in [0.25, 0.3) is 0 Å². The van der Waals surface area contributed by atoms with Crippen LogP contribution in [0.15, 0.2) is 0 Å². The highest BCUT2D eigenvalue weighted by molar-refractivity contribution is 4.79. The third-order valence-corrected chi connectivity index (χ3v) is 2.91. The summed E-state index contributed by atoms with van der Waals surface area (Å²) in [6.45, 7) is 3.01. The van der Waals surface area contributed by atoms with E-state index in [0.29, 0.717) is 6.54 Å². The third-order valence-electron chi connectivity index (χ3n) is 2.91. The van der Waals surface area contributed by atoms with E-state index in [9.17, 15) is 4.39 Å². The van der Waals surface area contributed by atoms with Gasteiger partial charge in [-0.25, -0.2) is 4.39 Å². The average molecular weight is 171 g/mol. The van der Waals surface area contributed by atoms with Gasteiger partial charge < -0.3 is 4.90 Å². The Bertz CT molecular complexity index is 145. The molecule has 0 aromatic carbocycles. The van der Waals surface area contributed by atoms with Crippen LogP contribution >= 0.6 is 0 Å². The number of hydrogen-bond acceptors (Lipinski definition) is 1. The van der Waals surface area contributed by atoms with Crippen LogP contribution in [0.1, 0.15) is 32.1 Å². The summed E-state index contributed by atoms with van der Waals surface area (Å²) >= 11 is 0. The Labute approximate surface area is 73.9 Å². The van der Waals surface area contributed by atoms with Gasteiger partial charge in [-0.1, -0.05) is 0 Å². The van der Waals surface area contributed by atoms with E-state index in [-0.39, 0.29) is 0 Å². The lowest BCUT2D eigenvalue weighted by Crippen LogP contribution is -2.31. The monoisotopic (exact) mass is 171 g/mol. The van der Waals surface area contributed by atoms with Crippen LogP contribution in [0.25, 0.3) is 0 Å². The molecule has 0 bridgehead atoms. The van der Waals surface area contributed by atoms with Crippen LogP contribution in [0.5, 0.6) is 0 Å². The lowest BCUT2D eigenvalue weighted by molar-refractivity contribution is 0.201. The summed E-state index contributed by atoms with van der Waals surface area (Å²) < 4.78 is 13.1. The van der Waals surface area contributed by atoms with E-state index in [2.05, 4.69) is 4.90 Å². The van der Waals surface area contributed by atoms with Crippen molar-refractivity contribution in [3.05, 3.63) is 0 Å². The lowest BCUT2D eigenvalue weighted by Gasteiger charge is -2.20. The minimum Gasteiger partial charge on any atom is -0.300 e. The van der Waals surface area contributed by atoms with Gasteiger partial charge in [0.1, 0.15) is 6.17 Å². The van der Waals surface area contributed by atoms with E-state index < -0.39 is 6.17 Å². The van der Waals surface area contributed by atoms with Crippen LogP contribution in [0.3, 0.4) is 0 Å². The highest BCUT2D eigenvalue weighted by atomic mass is 19.1. The van der Waals surface area contributed by atoms with Gasteiger partial charge in [0.2, 0.25) is 0 Å². The van der Waals surface area contributed by atoms with Crippen molar-refractivity contribution in [2.45, 2.75) is 38.3 Å². The minimum absolute atomic E-state index is 0.550. The van der Waals surface area contributed by atoms with E-state index >= 15 is 0 Å². The topological polar surface area (TPSA) is 3.24 Å². The van der Waals surface area contributed by atoms with Gasteiger partial charge in [0.15, 0.2) is 0 Å². The smallest absolute Gasteiger partial charge is 0.113 e. The van der Waals surface area contributed by atoms with Crippen molar-refractivity contribution in [3.63, 3.8) is 0 Å². The number of hydrogen-bond donors (Lipinski definition) is 0. The maximum absolute atomic E-state index is 13.1. The zero-order valence-electron chi connectivity index (χ0n) is 7.64.